The second-order valence-electron chi connectivity index (χ2n) is 5.38. The fourth-order valence-electron chi connectivity index (χ4n) is 2.13. The van der Waals surface area contributed by atoms with Gasteiger partial charge in [0.05, 0.1) is 6.54 Å². The Morgan fingerprint density at radius 2 is 2.12 bits per heavy atom. The number of aryl methyl sites for hydroxylation is 1. The molecule has 0 bridgehead atoms. The molecule has 7 heteroatoms. The van der Waals surface area contributed by atoms with Crippen LogP contribution in [0.3, 0.4) is 0 Å². The molecule has 0 aliphatic heterocycles. The standard InChI is InChI=1S/C17H24FN5O/c1-14(24-16-7-5-15(18)6-8-16)13-21-17(19-2)20-9-3-11-23-12-4-10-22-23/h4-8,10,12,14H,3,9,11,13H2,1-2H3,(H2,19,20,21). The minimum Gasteiger partial charge on any atom is -0.489 e. The summed E-state index contributed by atoms with van der Waals surface area (Å²) in [4.78, 5) is 4.18. The van der Waals surface area contributed by atoms with Crippen LogP contribution in [0.25, 0.3) is 0 Å². The van der Waals surface area contributed by atoms with E-state index in [9.17, 15) is 4.39 Å². The van der Waals surface area contributed by atoms with Crippen molar-refractivity contribution < 1.29 is 9.13 Å². The molecule has 0 fully saturated rings. The summed E-state index contributed by atoms with van der Waals surface area (Å²) in [6, 6.07) is 7.92. The van der Waals surface area contributed by atoms with Crippen LogP contribution in [0.5, 0.6) is 5.75 Å². The highest BCUT2D eigenvalue weighted by molar-refractivity contribution is 5.79. The summed E-state index contributed by atoms with van der Waals surface area (Å²) < 4.78 is 20.5. The van der Waals surface area contributed by atoms with E-state index in [1.54, 1.807) is 25.4 Å². The van der Waals surface area contributed by atoms with Gasteiger partial charge in [-0.15, -0.1) is 0 Å². The minimum atomic E-state index is -0.271. The first-order valence-corrected chi connectivity index (χ1v) is 8.01. The SMILES string of the molecule is CN=C(NCCCn1cccn1)NCC(C)Oc1ccc(F)cc1. The molecule has 0 spiro atoms. The van der Waals surface area contributed by atoms with Crippen LogP contribution in [-0.2, 0) is 6.54 Å². The van der Waals surface area contributed by atoms with Crippen molar-refractivity contribution in [1.82, 2.24) is 20.4 Å². The molecule has 1 heterocycles. The molecule has 1 unspecified atom stereocenters. The second kappa shape index (κ2) is 9.54. The van der Waals surface area contributed by atoms with Crippen LogP contribution in [0.15, 0.2) is 47.7 Å². The Balaban J connectivity index is 1.64. The fourth-order valence-corrected chi connectivity index (χ4v) is 2.13. The second-order valence-corrected chi connectivity index (χ2v) is 5.38. The van der Waals surface area contributed by atoms with Gasteiger partial charge >= 0.3 is 0 Å². The third-order valence-corrected chi connectivity index (χ3v) is 3.35. The summed E-state index contributed by atoms with van der Waals surface area (Å²) in [7, 11) is 1.73. The molecule has 0 radical (unpaired) electrons. The molecule has 1 atom stereocenters. The van der Waals surface area contributed by atoms with E-state index in [1.807, 2.05) is 23.9 Å². The number of guanidine groups is 1. The molecule has 2 rings (SSSR count). The zero-order chi connectivity index (χ0) is 17.2. The Kier molecular flexibility index (Phi) is 7.07. The largest absolute Gasteiger partial charge is 0.489 e. The lowest BCUT2D eigenvalue weighted by Crippen LogP contribution is -2.42. The zero-order valence-electron chi connectivity index (χ0n) is 14.1. The number of halogens is 1. The molecule has 0 saturated heterocycles. The molecular formula is C17H24FN5O. The van der Waals surface area contributed by atoms with Crippen LogP contribution >= 0.6 is 0 Å². The van der Waals surface area contributed by atoms with Crippen LogP contribution in [0.4, 0.5) is 4.39 Å². The van der Waals surface area contributed by atoms with Crippen molar-refractivity contribution in [3.05, 3.63) is 48.5 Å². The number of ether oxygens (including phenoxy) is 1. The minimum absolute atomic E-state index is 0.0712. The maximum atomic E-state index is 12.9. The summed E-state index contributed by atoms with van der Waals surface area (Å²) >= 11 is 0. The van der Waals surface area contributed by atoms with Crippen molar-refractivity contribution in [1.29, 1.82) is 0 Å². The van der Waals surface area contributed by atoms with Gasteiger partial charge in [0.15, 0.2) is 5.96 Å². The molecule has 1 aromatic heterocycles. The number of aliphatic imine (C=N–C) groups is 1. The summed E-state index contributed by atoms with van der Waals surface area (Å²) in [6.07, 6.45) is 4.60. The lowest BCUT2D eigenvalue weighted by atomic mass is 10.3. The Bertz CT molecular complexity index is 612. The van der Waals surface area contributed by atoms with E-state index in [0.29, 0.717) is 12.3 Å². The lowest BCUT2D eigenvalue weighted by Gasteiger charge is -2.17. The Hall–Kier alpha value is -2.57. The van der Waals surface area contributed by atoms with Gasteiger partial charge in [0.2, 0.25) is 0 Å². The number of hydrogen-bond acceptors (Lipinski definition) is 3. The summed E-state index contributed by atoms with van der Waals surface area (Å²) in [6.45, 7) is 4.20. The maximum absolute atomic E-state index is 12.9. The van der Waals surface area contributed by atoms with Gasteiger partial charge in [0, 0.05) is 32.5 Å². The molecule has 0 aliphatic rings. The number of aromatic nitrogens is 2. The number of nitrogens with one attached hydrogen (secondary N) is 2. The van der Waals surface area contributed by atoms with Crippen LogP contribution in [0.1, 0.15) is 13.3 Å². The molecule has 24 heavy (non-hydrogen) atoms. The van der Waals surface area contributed by atoms with Crippen molar-refractivity contribution in [3.8, 4) is 5.75 Å². The molecule has 0 aliphatic carbocycles. The highest BCUT2D eigenvalue weighted by Crippen LogP contribution is 2.12. The predicted molar refractivity (Wildman–Crippen MR) is 92.7 cm³/mol. The zero-order valence-corrected chi connectivity index (χ0v) is 14.1. The molecule has 1 aromatic carbocycles. The Labute approximate surface area is 141 Å². The average Bonchev–Trinajstić information content (AvgIpc) is 3.10. The van der Waals surface area contributed by atoms with Gasteiger partial charge < -0.3 is 15.4 Å². The number of hydrogen-bond donors (Lipinski definition) is 2. The van der Waals surface area contributed by atoms with E-state index in [-0.39, 0.29) is 11.9 Å². The lowest BCUT2D eigenvalue weighted by molar-refractivity contribution is 0.223. The first kappa shape index (κ1) is 17.8. The normalized spacial score (nSPS) is 12.7. The smallest absolute Gasteiger partial charge is 0.191 e. The summed E-state index contributed by atoms with van der Waals surface area (Å²) in [5, 5.41) is 10.6. The van der Waals surface area contributed by atoms with Crippen molar-refractivity contribution >= 4 is 5.96 Å². The predicted octanol–water partition coefficient (Wildman–Crippen LogP) is 2.04. The topological polar surface area (TPSA) is 63.5 Å². The quantitative estimate of drug-likeness (QED) is 0.441. The molecule has 6 nitrogen and oxygen atoms in total. The van der Waals surface area contributed by atoms with Gasteiger partial charge in [-0.25, -0.2) is 4.39 Å². The maximum Gasteiger partial charge on any atom is 0.191 e. The van der Waals surface area contributed by atoms with Crippen molar-refractivity contribution in [2.24, 2.45) is 4.99 Å². The van der Waals surface area contributed by atoms with E-state index in [4.69, 9.17) is 4.74 Å². The summed E-state index contributed by atoms with van der Waals surface area (Å²) in [5.74, 6) is 1.10. The Morgan fingerprint density at radius 1 is 1.33 bits per heavy atom. The first-order chi connectivity index (χ1) is 11.7. The van der Waals surface area contributed by atoms with Crippen molar-refractivity contribution in [3.63, 3.8) is 0 Å². The van der Waals surface area contributed by atoms with Crippen LogP contribution in [0, 0.1) is 5.82 Å². The number of benzene rings is 1. The fraction of sp³-hybridized carbons (Fsp3) is 0.412. The third kappa shape index (κ3) is 6.28. The first-order valence-electron chi connectivity index (χ1n) is 8.01. The van der Waals surface area contributed by atoms with Gasteiger partial charge in [-0.05, 0) is 43.7 Å². The molecule has 0 amide bonds. The van der Waals surface area contributed by atoms with E-state index < -0.39 is 0 Å². The molecule has 130 valence electrons. The average molecular weight is 333 g/mol. The van der Waals surface area contributed by atoms with Crippen LogP contribution in [0.2, 0.25) is 0 Å². The summed E-state index contributed by atoms with van der Waals surface area (Å²) in [5.41, 5.74) is 0. The van der Waals surface area contributed by atoms with Gasteiger partial charge in [-0.2, -0.15) is 5.10 Å². The van der Waals surface area contributed by atoms with Crippen molar-refractivity contribution in [2.45, 2.75) is 26.0 Å². The van der Waals surface area contributed by atoms with Gasteiger partial charge in [0.25, 0.3) is 0 Å². The number of nitrogens with zero attached hydrogens (tertiary/aromatic N) is 3. The number of rotatable bonds is 8. The highest BCUT2D eigenvalue weighted by Gasteiger charge is 2.06. The van der Waals surface area contributed by atoms with Crippen LogP contribution in [-0.4, -0.2) is 42.0 Å². The highest BCUT2D eigenvalue weighted by atomic mass is 19.1. The molecule has 2 N–H and O–H groups in total. The van der Waals surface area contributed by atoms with E-state index in [2.05, 4.69) is 20.7 Å². The Morgan fingerprint density at radius 3 is 2.79 bits per heavy atom. The molecular weight excluding hydrogens is 309 g/mol. The van der Waals surface area contributed by atoms with E-state index in [0.717, 1.165) is 25.5 Å². The van der Waals surface area contributed by atoms with Gasteiger partial charge in [-0.3, -0.25) is 9.67 Å². The third-order valence-electron chi connectivity index (χ3n) is 3.35. The van der Waals surface area contributed by atoms with Crippen molar-refractivity contribution in [2.75, 3.05) is 20.1 Å². The molecule has 2 aromatic rings. The van der Waals surface area contributed by atoms with Crippen LogP contribution < -0.4 is 15.4 Å². The van der Waals surface area contributed by atoms with E-state index in [1.165, 1.54) is 12.1 Å². The van der Waals surface area contributed by atoms with E-state index >= 15 is 0 Å². The monoisotopic (exact) mass is 333 g/mol. The van der Waals surface area contributed by atoms with Gasteiger partial charge in [0.1, 0.15) is 17.7 Å². The molecule has 0 saturated carbocycles. The van der Waals surface area contributed by atoms with Gasteiger partial charge in [-0.1, -0.05) is 0 Å².